The Bertz CT molecular complexity index is 943. The monoisotopic (exact) mass is 359 g/mol. The predicted molar refractivity (Wildman–Crippen MR) is 84.9 cm³/mol. The molecule has 0 bridgehead atoms. The van der Waals surface area contributed by atoms with Gasteiger partial charge in [0.2, 0.25) is 5.82 Å². The highest BCUT2D eigenvalue weighted by Crippen LogP contribution is 2.32. The van der Waals surface area contributed by atoms with Gasteiger partial charge in [0.1, 0.15) is 5.75 Å². The van der Waals surface area contributed by atoms with E-state index in [0.29, 0.717) is 11.3 Å². The number of nitriles is 1. The molecule has 1 unspecified atom stereocenters. The molecule has 3 rings (SSSR count). The highest BCUT2D eigenvalue weighted by atomic mass is 19.4. The average molecular weight is 359 g/mol. The van der Waals surface area contributed by atoms with Crippen molar-refractivity contribution in [3.8, 4) is 23.2 Å². The van der Waals surface area contributed by atoms with Gasteiger partial charge in [-0.3, -0.25) is 0 Å². The SMILES string of the molecule is CC(Oc1ccc(C#N)cc1)c1nc(-c2cccc(C(F)(F)F)c2)no1. The number of nitrogens with zero attached hydrogens (tertiary/aromatic N) is 3. The van der Waals surface area contributed by atoms with Crippen molar-refractivity contribution in [3.05, 3.63) is 65.5 Å². The zero-order valence-electron chi connectivity index (χ0n) is 13.5. The van der Waals surface area contributed by atoms with Crippen LogP contribution in [0.3, 0.4) is 0 Å². The molecule has 0 saturated carbocycles. The van der Waals surface area contributed by atoms with Gasteiger partial charge in [-0.1, -0.05) is 17.3 Å². The summed E-state index contributed by atoms with van der Waals surface area (Å²) in [6, 6.07) is 13.1. The van der Waals surface area contributed by atoms with Gasteiger partial charge in [-0.15, -0.1) is 0 Å². The molecule has 5 nitrogen and oxygen atoms in total. The molecular weight excluding hydrogens is 347 g/mol. The molecule has 0 fully saturated rings. The van der Waals surface area contributed by atoms with Crippen LogP contribution in [0.1, 0.15) is 30.0 Å². The van der Waals surface area contributed by atoms with Crippen molar-refractivity contribution in [2.24, 2.45) is 0 Å². The molecule has 3 aromatic rings. The van der Waals surface area contributed by atoms with Gasteiger partial charge in [-0.05, 0) is 43.3 Å². The maximum atomic E-state index is 12.8. The summed E-state index contributed by atoms with van der Waals surface area (Å²) in [6.07, 6.45) is -5.07. The summed E-state index contributed by atoms with van der Waals surface area (Å²) in [4.78, 5) is 4.11. The van der Waals surface area contributed by atoms with Crippen molar-refractivity contribution in [3.63, 3.8) is 0 Å². The fraction of sp³-hybridized carbons (Fsp3) is 0.167. The van der Waals surface area contributed by atoms with Crippen LogP contribution in [0.2, 0.25) is 0 Å². The highest BCUT2D eigenvalue weighted by Gasteiger charge is 2.31. The van der Waals surface area contributed by atoms with Crippen LogP contribution in [-0.2, 0) is 6.18 Å². The van der Waals surface area contributed by atoms with Crippen LogP contribution >= 0.6 is 0 Å². The Morgan fingerprint density at radius 1 is 1.15 bits per heavy atom. The Hall–Kier alpha value is -3.34. The smallest absolute Gasteiger partial charge is 0.416 e. The lowest BCUT2D eigenvalue weighted by molar-refractivity contribution is -0.137. The van der Waals surface area contributed by atoms with Crippen LogP contribution in [0.25, 0.3) is 11.4 Å². The van der Waals surface area contributed by atoms with E-state index >= 15 is 0 Å². The van der Waals surface area contributed by atoms with Crippen LogP contribution < -0.4 is 4.74 Å². The molecule has 0 N–H and O–H groups in total. The summed E-state index contributed by atoms with van der Waals surface area (Å²) in [5.41, 5.74) is -0.0988. The molecule has 132 valence electrons. The zero-order chi connectivity index (χ0) is 18.7. The second-order valence-corrected chi connectivity index (χ2v) is 5.43. The fourth-order valence-electron chi connectivity index (χ4n) is 2.21. The van der Waals surface area contributed by atoms with E-state index in [1.807, 2.05) is 6.07 Å². The van der Waals surface area contributed by atoms with Gasteiger partial charge in [0.25, 0.3) is 5.89 Å². The number of benzene rings is 2. The largest absolute Gasteiger partial charge is 0.481 e. The maximum Gasteiger partial charge on any atom is 0.416 e. The second-order valence-electron chi connectivity index (χ2n) is 5.43. The van der Waals surface area contributed by atoms with Crippen molar-refractivity contribution >= 4 is 0 Å². The molecule has 0 radical (unpaired) electrons. The van der Waals surface area contributed by atoms with Crippen LogP contribution in [-0.4, -0.2) is 10.1 Å². The lowest BCUT2D eigenvalue weighted by Gasteiger charge is -2.10. The number of aromatic nitrogens is 2. The molecule has 0 spiro atoms. The van der Waals surface area contributed by atoms with E-state index in [-0.39, 0.29) is 17.3 Å². The highest BCUT2D eigenvalue weighted by molar-refractivity contribution is 5.55. The first-order valence-corrected chi connectivity index (χ1v) is 7.55. The third-order valence-corrected chi connectivity index (χ3v) is 3.53. The first kappa shape index (κ1) is 17.5. The Labute approximate surface area is 146 Å². The number of halogens is 3. The third-order valence-electron chi connectivity index (χ3n) is 3.53. The van der Waals surface area contributed by atoms with Gasteiger partial charge in [0.05, 0.1) is 17.2 Å². The van der Waals surface area contributed by atoms with E-state index in [1.165, 1.54) is 12.1 Å². The Kier molecular flexibility index (Phi) is 4.63. The van der Waals surface area contributed by atoms with Crippen LogP contribution in [0.4, 0.5) is 13.2 Å². The van der Waals surface area contributed by atoms with Crippen molar-refractivity contribution in [1.82, 2.24) is 10.1 Å². The summed E-state index contributed by atoms with van der Waals surface area (Å²) < 4.78 is 49.2. The Balaban J connectivity index is 1.78. The molecule has 26 heavy (non-hydrogen) atoms. The normalized spacial score (nSPS) is 12.4. The Morgan fingerprint density at radius 3 is 2.54 bits per heavy atom. The lowest BCUT2D eigenvalue weighted by Crippen LogP contribution is -2.05. The van der Waals surface area contributed by atoms with E-state index in [4.69, 9.17) is 14.5 Å². The van der Waals surface area contributed by atoms with E-state index in [9.17, 15) is 13.2 Å². The summed E-state index contributed by atoms with van der Waals surface area (Å²) >= 11 is 0. The molecule has 0 saturated heterocycles. The van der Waals surface area contributed by atoms with E-state index in [2.05, 4.69) is 10.1 Å². The number of alkyl halides is 3. The molecule has 1 atom stereocenters. The molecule has 8 heteroatoms. The average Bonchev–Trinajstić information content (AvgIpc) is 3.12. The Morgan fingerprint density at radius 2 is 1.88 bits per heavy atom. The predicted octanol–water partition coefficient (Wildman–Crippen LogP) is 4.77. The van der Waals surface area contributed by atoms with Crippen molar-refractivity contribution in [2.75, 3.05) is 0 Å². The summed E-state index contributed by atoms with van der Waals surface area (Å²) in [7, 11) is 0. The van der Waals surface area contributed by atoms with Gasteiger partial charge in [-0.25, -0.2) is 0 Å². The minimum Gasteiger partial charge on any atom is -0.481 e. The minimum absolute atomic E-state index is 0.0429. The molecule has 1 aromatic heterocycles. The minimum atomic E-state index is -4.45. The molecule has 0 aliphatic rings. The summed E-state index contributed by atoms with van der Waals surface area (Å²) in [5, 5.41) is 12.5. The maximum absolute atomic E-state index is 12.8. The fourth-order valence-corrected chi connectivity index (χ4v) is 2.21. The van der Waals surface area contributed by atoms with Gasteiger partial charge >= 0.3 is 6.18 Å². The van der Waals surface area contributed by atoms with Crippen molar-refractivity contribution in [2.45, 2.75) is 19.2 Å². The molecule has 1 heterocycles. The number of hydrogen-bond acceptors (Lipinski definition) is 5. The van der Waals surface area contributed by atoms with Crippen LogP contribution in [0.5, 0.6) is 5.75 Å². The van der Waals surface area contributed by atoms with Crippen LogP contribution in [0, 0.1) is 11.3 Å². The van der Waals surface area contributed by atoms with Crippen molar-refractivity contribution < 1.29 is 22.4 Å². The quantitative estimate of drug-likeness (QED) is 0.671. The molecule has 2 aromatic carbocycles. The number of ether oxygens (including phenoxy) is 1. The van der Waals surface area contributed by atoms with E-state index in [0.717, 1.165) is 12.1 Å². The van der Waals surface area contributed by atoms with E-state index in [1.54, 1.807) is 31.2 Å². The number of rotatable bonds is 4. The molecular formula is C18H12F3N3O2. The summed E-state index contributed by atoms with van der Waals surface area (Å²) in [6.45, 7) is 1.67. The number of hydrogen-bond donors (Lipinski definition) is 0. The first-order chi connectivity index (χ1) is 12.4. The molecule has 0 aliphatic carbocycles. The molecule has 0 aliphatic heterocycles. The van der Waals surface area contributed by atoms with Crippen LogP contribution in [0.15, 0.2) is 53.1 Å². The molecule has 0 amide bonds. The van der Waals surface area contributed by atoms with Crippen molar-refractivity contribution in [1.29, 1.82) is 5.26 Å². The zero-order valence-corrected chi connectivity index (χ0v) is 13.5. The topological polar surface area (TPSA) is 71.9 Å². The third kappa shape index (κ3) is 3.83. The van der Waals surface area contributed by atoms with Gasteiger partial charge < -0.3 is 9.26 Å². The first-order valence-electron chi connectivity index (χ1n) is 7.55. The standard InChI is InChI=1S/C18H12F3N3O2/c1-11(25-15-7-5-12(10-22)6-8-15)17-23-16(24-26-17)13-3-2-4-14(9-13)18(19,20)21/h2-9,11H,1H3. The second kappa shape index (κ2) is 6.88. The summed E-state index contributed by atoms with van der Waals surface area (Å²) in [5.74, 6) is 0.665. The van der Waals surface area contributed by atoms with Gasteiger partial charge in [-0.2, -0.15) is 23.4 Å². The van der Waals surface area contributed by atoms with E-state index < -0.39 is 17.8 Å². The van der Waals surface area contributed by atoms with Gasteiger partial charge in [0.15, 0.2) is 6.10 Å². The lowest BCUT2D eigenvalue weighted by atomic mass is 10.1. The van der Waals surface area contributed by atoms with Gasteiger partial charge in [0, 0.05) is 5.56 Å².